The molecule has 1 aromatic rings. The summed E-state index contributed by atoms with van der Waals surface area (Å²) in [5.74, 6) is 0.00871. The number of halogens is 1. The van der Waals surface area contributed by atoms with Crippen molar-refractivity contribution in [2.45, 2.75) is 6.10 Å². The van der Waals surface area contributed by atoms with Gasteiger partial charge in [-0.2, -0.15) is 0 Å². The SMILES string of the molecule is CNCC1CN(C(=O)c2sccc2Cl)CCO1. The van der Waals surface area contributed by atoms with Gasteiger partial charge in [0, 0.05) is 19.6 Å². The second-order valence-electron chi connectivity index (χ2n) is 3.90. The zero-order valence-corrected chi connectivity index (χ0v) is 11.2. The maximum absolute atomic E-state index is 12.2. The molecule has 2 rings (SSSR count). The molecule has 0 aromatic carbocycles. The highest BCUT2D eigenvalue weighted by molar-refractivity contribution is 7.12. The van der Waals surface area contributed by atoms with E-state index in [-0.39, 0.29) is 12.0 Å². The molecule has 1 N–H and O–H groups in total. The van der Waals surface area contributed by atoms with Crippen LogP contribution in [-0.4, -0.2) is 50.2 Å². The fourth-order valence-electron chi connectivity index (χ4n) is 1.84. The number of carbonyl (C=O) groups is 1. The van der Waals surface area contributed by atoms with Gasteiger partial charge in [0.15, 0.2) is 0 Å². The van der Waals surface area contributed by atoms with Crippen LogP contribution in [-0.2, 0) is 4.74 Å². The minimum absolute atomic E-state index is 0.00871. The second kappa shape index (κ2) is 5.82. The number of carbonyl (C=O) groups excluding carboxylic acids is 1. The lowest BCUT2D eigenvalue weighted by Crippen LogP contribution is -2.48. The first-order chi connectivity index (χ1) is 8.22. The highest BCUT2D eigenvalue weighted by Crippen LogP contribution is 2.24. The third kappa shape index (κ3) is 2.98. The van der Waals surface area contributed by atoms with Crippen LogP contribution >= 0.6 is 22.9 Å². The Morgan fingerprint density at radius 3 is 3.24 bits per heavy atom. The molecule has 1 aliphatic rings. The summed E-state index contributed by atoms with van der Waals surface area (Å²) in [7, 11) is 1.88. The van der Waals surface area contributed by atoms with Crippen LogP contribution < -0.4 is 5.32 Å². The standard InChI is InChI=1S/C11H15ClN2O2S/c1-13-6-8-7-14(3-4-16-8)11(15)10-9(12)2-5-17-10/h2,5,8,13H,3-4,6-7H2,1H3. The van der Waals surface area contributed by atoms with Crippen LogP contribution in [0.4, 0.5) is 0 Å². The molecule has 1 saturated heterocycles. The predicted molar refractivity (Wildman–Crippen MR) is 68.9 cm³/mol. The van der Waals surface area contributed by atoms with Gasteiger partial charge in [0.2, 0.25) is 0 Å². The first-order valence-electron chi connectivity index (χ1n) is 5.51. The van der Waals surface area contributed by atoms with Gasteiger partial charge < -0.3 is 15.0 Å². The summed E-state index contributed by atoms with van der Waals surface area (Å²) >= 11 is 7.36. The zero-order chi connectivity index (χ0) is 12.3. The van der Waals surface area contributed by atoms with Crippen LogP contribution in [0.25, 0.3) is 0 Å². The van der Waals surface area contributed by atoms with Gasteiger partial charge in [-0.15, -0.1) is 11.3 Å². The minimum atomic E-state index is 0.00871. The van der Waals surface area contributed by atoms with Gasteiger partial charge in [0.05, 0.1) is 17.7 Å². The molecule has 2 heterocycles. The lowest BCUT2D eigenvalue weighted by Gasteiger charge is -2.32. The minimum Gasteiger partial charge on any atom is -0.373 e. The fourth-order valence-corrected chi connectivity index (χ4v) is 2.95. The Labute approximate surface area is 110 Å². The van der Waals surface area contributed by atoms with Crippen LogP contribution in [0.3, 0.4) is 0 Å². The van der Waals surface area contributed by atoms with Crippen LogP contribution in [0.2, 0.25) is 5.02 Å². The molecule has 4 nitrogen and oxygen atoms in total. The largest absolute Gasteiger partial charge is 0.373 e. The van der Waals surface area contributed by atoms with Gasteiger partial charge >= 0.3 is 0 Å². The highest BCUT2D eigenvalue weighted by atomic mass is 35.5. The molecule has 0 radical (unpaired) electrons. The maximum Gasteiger partial charge on any atom is 0.265 e. The number of amides is 1. The van der Waals surface area contributed by atoms with E-state index in [1.165, 1.54) is 11.3 Å². The van der Waals surface area contributed by atoms with E-state index in [1.807, 2.05) is 17.3 Å². The van der Waals surface area contributed by atoms with Crippen molar-refractivity contribution in [3.8, 4) is 0 Å². The Morgan fingerprint density at radius 2 is 2.59 bits per heavy atom. The summed E-state index contributed by atoms with van der Waals surface area (Å²) in [5, 5.41) is 5.43. The van der Waals surface area contributed by atoms with Crippen LogP contribution in [0, 0.1) is 0 Å². The Hall–Kier alpha value is -0.620. The molecule has 17 heavy (non-hydrogen) atoms. The molecule has 94 valence electrons. The van der Waals surface area contributed by atoms with Crippen molar-refractivity contribution in [2.24, 2.45) is 0 Å². The molecule has 1 aromatic heterocycles. The first kappa shape index (κ1) is 12.8. The average molecular weight is 275 g/mol. The molecule has 1 unspecified atom stereocenters. The summed E-state index contributed by atoms with van der Waals surface area (Å²) in [5.41, 5.74) is 0. The highest BCUT2D eigenvalue weighted by Gasteiger charge is 2.26. The van der Waals surface area contributed by atoms with E-state index in [0.717, 1.165) is 6.54 Å². The molecule has 1 aliphatic heterocycles. The molecule has 1 atom stereocenters. The number of nitrogens with one attached hydrogen (secondary N) is 1. The fraction of sp³-hybridized carbons (Fsp3) is 0.545. The number of nitrogens with zero attached hydrogens (tertiary/aromatic N) is 1. The van der Waals surface area contributed by atoms with E-state index in [1.54, 1.807) is 6.07 Å². The van der Waals surface area contributed by atoms with Crippen molar-refractivity contribution in [1.82, 2.24) is 10.2 Å². The zero-order valence-electron chi connectivity index (χ0n) is 9.61. The average Bonchev–Trinajstić information content (AvgIpc) is 2.75. The Morgan fingerprint density at radius 1 is 1.76 bits per heavy atom. The lowest BCUT2D eigenvalue weighted by molar-refractivity contribution is -0.0194. The monoisotopic (exact) mass is 274 g/mol. The molecule has 0 aliphatic carbocycles. The first-order valence-corrected chi connectivity index (χ1v) is 6.76. The van der Waals surface area contributed by atoms with E-state index in [2.05, 4.69) is 5.32 Å². The molecule has 0 spiro atoms. The van der Waals surface area contributed by atoms with E-state index < -0.39 is 0 Å². The third-order valence-corrected chi connectivity index (χ3v) is 4.00. The molecule has 1 amide bonds. The van der Waals surface area contributed by atoms with Crippen LogP contribution in [0.5, 0.6) is 0 Å². The topological polar surface area (TPSA) is 41.6 Å². The molecule has 6 heteroatoms. The van der Waals surface area contributed by atoms with Gasteiger partial charge in [-0.3, -0.25) is 4.79 Å². The smallest absolute Gasteiger partial charge is 0.265 e. The Balaban J connectivity index is 2.02. The molecule has 1 fully saturated rings. The summed E-state index contributed by atoms with van der Waals surface area (Å²) in [6.45, 7) is 2.59. The van der Waals surface area contributed by atoms with Gasteiger partial charge in [0.25, 0.3) is 5.91 Å². The Bertz CT molecular complexity index is 395. The van der Waals surface area contributed by atoms with Crippen molar-refractivity contribution in [2.75, 3.05) is 33.3 Å². The van der Waals surface area contributed by atoms with Crippen molar-refractivity contribution in [3.63, 3.8) is 0 Å². The number of hydrogen-bond acceptors (Lipinski definition) is 4. The van der Waals surface area contributed by atoms with Gasteiger partial charge in [-0.1, -0.05) is 11.6 Å². The Kier molecular flexibility index (Phi) is 4.39. The van der Waals surface area contributed by atoms with E-state index in [4.69, 9.17) is 16.3 Å². The number of hydrogen-bond donors (Lipinski definition) is 1. The predicted octanol–water partition coefficient (Wildman–Crippen LogP) is 1.46. The normalized spacial score (nSPS) is 20.6. The van der Waals surface area contributed by atoms with Gasteiger partial charge in [-0.25, -0.2) is 0 Å². The van der Waals surface area contributed by atoms with E-state index in [9.17, 15) is 4.79 Å². The molecule has 0 saturated carbocycles. The second-order valence-corrected chi connectivity index (χ2v) is 5.22. The number of thiophene rings is 1. The molecular formula is C11H15ClN2O2S. The van der Waals surface area contributed by atoms with Gasteiger partial charge in [-0.05, 0) is 18.5 Å². The third-order valence-electron chi connectivity index (χ3n) is 2.67. The number of ether oxygens (including phenoxy) is 1. The maximum atomic E-state index is 12.2. The van der Waals surface area contributed by atoms with Crippen LogP contribution in [0.15, 0.2) is 11.4 Å². The number of likely N-dealkylation sites (N-methyl/N-ethyl adjacent to an activating group) is 1. The summed E-state index contributed by atoms with van der Waals surface area (Å²) in [4.78, 5) is 14.6. The summed E-state index contributed by atoms with van der Waals surface area (Å²) in [6, 6.07) is 1.75. The molecular weight excluding hydrogens is 260 g/mol. The van der Waals surface area contributed by atoms with Gasteiger partial charge in [0.1, 0.15) is 4.88 Å². The van der Waals surface area contributed by atoms with Crippen molar-refractivity contribution < 1.29 is 9.53 Å². The van der Waals surface area contributed by atoms with Crippen molar-refractivity contribution in [3.05, 3.63) is 21.3 Å². The van der Waals surface area contributed by atoms with E-state index >= 15 is 0 Å². The quantitative estimate of drug-likeness (QED) is 0.907. The lowest BCUT2D eigenvalue weighted by atomic mass is 10.2. The molecule has 0 bridgehead atoms. The summed E-state index contributed by atoms with van der Waals surface area (Å²) in [6.07, 6.45) is 0.0661. The van der Waals surface area contributed by atoms with Crippen LogP contribution in [0.1, 0.15) is 9.67 Å². The number of morpholine rings is 1. The summed E-state index contributed by atoms with van der Waals surface area (Å²) < 4.78 is 5.56. The van der Waals surface area contributed by atoms with Crippen molar-refractivity contribution >= 4 is 28.8 Å². The van der Waals surface area contributed by atoms with E-state index in [0.29, 0.717) is 29.6 Å². The number of rotatable bonds is 3. The van der Waals surface area contributed by atoms with Crippen molar-refractivity contribution in [1.29, 1.82) is 0 Å².